The largest absolute Gasteiger partial charge is 0.490 e. The summed E-state index contributed by atoms with van der Waals surface area (Å²) < 4.78 is 24.9. The number of hydrogen-bond acceptors (Lipinski definition) is 4. The zero-order chi connectivity index (χ0) is 24.6. The molecule has 0 saturated carbocycles. The summed E-state index contributed by atoms with van der Waals surface area (Å²) in [4.78, 5) is 12.5. The van der Waals surface area contributed by atoms with E-state index in [9.17, 15) is 14.4 Å². The van der Waals surface area contributed by atoms with Gasteiger partial charge in [0.15, 0.2) is 11.5 Å². The van der Waals surface area contributed by atoms with Crippen molar-refractivity contribution >= 4 is 28.4 Å². The molecule has 0 atom stereocenters. The maximum atomic E-state index is 13.1. The SMILES string of the molecule is CCOc1cc(/C=C(\C#N)C(=O)Nc2ccc(F)cc2)ccc1OCc1cccc2ccccc12. The lowest BCUT2D eigenvalue weighted by molar-refractivity contribution is -0.112. The molecule has 0 spiro atoms. The number of rotatable bonds is 8. The van der Waals surface area contributed by atoms with Crippen molar-refractivity contribution in [2.75, 3.05) is 11.9 Å². The number of benzene rings is 4. The number of nitrogens with one attached hydrogen (secondary N) is 1. The first-order chi connectivity index (χ1) is 17.1. The lowest BCUT2D eigenvalue weighted by Gasteiger charge is -2.14. The van der Waals surface area contributed by atoms with Gasteiger partial charge in [0.25, 0.3) is 5.91 Å². The second-order valence-electron chi connectivity index (χ2n) is 7.70. The molecule has 4 rings (SSSR count). The van der Waals surface area contributed by atoms with Crippen molar-refractivity contribution in [3.8, 4) is 17.6 Å². The molecule has 0 aliphatic rings. The van der Waals surface area contributed by atoms with Crippen LogP contribution in [0.2, 0.25) is 0 Å². The van der Waals surface area contributed by atoms with Crippen molar-refractivity contribution < 1.29 is 18.7 Å². The van der Waals surface area contributed by atoms with E-state index in [2.05, 4.69) is 23.5 Å². The van der Waals surface area contributed by atoms with Crippen LogP contribution in [0.4, 0.5) is 10.1 Å². The quantitative estimate of drug-likeness (QED) is 0.238. The summed E-state index contributed by atoms with van der Waals surface area (Å²) in [5.74, 6) is 0.0718. The van der Waals surface area contributed by atoms with Gasteiger partial charge in [0.05, 0.1) is 6.61 Å². The highest BCUT2D eigenvalue weighted by molar-refractivity contribution is 6.09. The molecule has 0 bridgehead atoms. The molecule has 1 amide bonds. The number of hydrogen-bond donors (Lipinski definition) is 1. The molecule has 0 aliphatic carbocycles. The third-order valence-corrected chi connectivity index (χ3v) is 5.31. The van der Waals surface area contributed by atoms with E-state index in [1.807, 2.05) is 37.3 Å². The van der Waals surface area contributed by atoms with Crippen molar-refractivity contribution in [1.82, 2.24) is 0 Å². The summed E-state index contributed by atoms with van der Waals surface area (Å²) in [6, 6.07) is 26.7. The molecule has 0 radical (unpaired) electrons. The smallest absolute Gasteiger partial charge is 0.266 e. The minimum absolute atomic E-state index is 0.0961. The third kappa shape index (κ3) is 5.84. The van der Waals surface area contributed by atoms with E-state index in [-0.39, 0.29) is 5.57 Å². The fourth-order valence-corrected chi connectivity index (χ4v) is 3.62. The van der Waals surface area contributed by atoms with Crippen molar-refractivity contribution in [3.05, 3.63) is 107 Å². The Morgan fingerprint density at radius 1 is 0.971 bits per heavy atom. The number of fused-ring (bicyclic) bond motifs is 1. The molecule has 0 fully saturated rings. The van der Waals surface area contributed by atoms with Crippen LogP contribution in [0.1, 0.15) is 18.1 Å². The molecule has 0 aromatic heterocycles. The van der Waals surface area contributed by atoms with Gasteiger partial charge in [-0.05, 0) is 71.3 Å². The zero-order valence-corrected chi connectivity index (χ0v) is 19.1. The van der Waals surface area contributed by atoms with Gasteiger partial charge >= 0.3 is 0 Å². The Morgan fingerprint density at radius 3 is 2.51 bits per heavy atom. The normalized spacial score (nSPS) is 11.1. The minimum atomic E-state index is -0.589. The van der Waals surface area contributed by atoms with Crippen LogP contribution in [-0.2, 0) is 11.4 Å². The monoisotopic (exact) mass is 466 g/mol. The topological polar surface area (TPSA) is 71.3 Å². The van der Waals surface area contributed by atoms with Gasteiger partial charge in [-0.3, -0.25) is 4.79 Å². The number of carbonyl (C=O) groups is 1. The number of nitrogens with zero attached hydrogens (tertiary/aromatic N) is 1. The molecule has 0 unspecified atom stereocenters. The molecule has 5 nitrogen and oxygen atoms in total. The van der Waals surface area contributed by atoms with E-state index < -0.39 is 11.7 Å². The highest BCUT2D eigenvalue weighted by Gasteiger charge is 2.12. The second-order valence-corrected chi connectivity index (χ2v) is 7.70. The van der Waals surface area contributed by atoms with Crippen molar-refractivity contribution in [1.29, 1.82) is 5.26 Å². The van der Waals surface area contributed by atoms with E-state index in [0.717, 1.165) is 16.3 Å². The highest BCUT2D eigenvalue weighted by atomic mass is 19.1. The molecule has 6 heteroatoms. The minimum Gasteiger partial charge on any atom is -0.490 e. The number of anilines is 1. The molecular formula is C29H23FN2O3. The molecule has 35 heavy (non-hydrogen) atoms. The van der Waals surface area contributed by atoms with E-state index in [1.54, 1.807) is 18.2 Å². The number of halogens is 1. The number of nitriles is 1. The Hall–Kier alpha value is -4.63. The molecule has 4 aromatic carbocycles. The predicted molar refractivity (Wildman–Crippen MR) is 135 cm³/mol. The Kier molecular flexibility index (Phi) is 7.39. The fraction of sp³-hybridized carbons (Fsp3) is 0.103. The number of ether oxygens (including phenoxy) is 2. The summed E-state index contributed by atoms with van der Waals surface area (Å²) in [5.41, 5.74) is 1.96. The second kappa shape index (κ2) is 11.0. The van der Waals surface area contributed by atoms with Gasteiger partial charge in [-0.1, -0.05) is 48.5 Å². The van der Waals surface area contributed by atoms with Crippen LogP contribution in [0.15, 0.2) is 90.5 Å². The van der Waals surface area contributed by atoms with Crippen LogP contribution in [0.25, 0.3) is 16.8 Å². The summed E-state index contributed by atoms with van der Waals surface area (Å²) >= 11 is 0. The van der Waals surface area contributed by atoms with Crippen LogP contribution < -0.4 is 14.8 Å². The first-order valence-corrected chi connectivity index (χ1v) is 11.1. The van der Waals surface area contributed by atoms with Crippen LogP contribution in [0.3, 0.4) is 0 Å². The predicted octanol–water partition coefficient (Wildman–Crippen LogP) is 6.50. The van der Waals surface area contributed by atoms with Gasteiger partial charge < -0.3 is 14.8 Å². The van der Waals surface area contributed by atoms with Crippen LogP contribution >= 0.6 is 0 Å². The average molecular weight is 467 g/mol. The zero-order valence-electron chi connectivity index (χ0n) is 19.1. The van der Waals surface area contributed by atoms with Crippen molar-refractivity contribution in [3.63, 3.8) is 0 Å². The molecular weight excluding hydrogens is 443 g/mol. The van der Waals surface area contributed by atoms with Crippen molar-refractivity contribution in [2.45, 2.75) is 13.5 Å². The Balaban J connectivity index is 1.53. The lowest BCUT2D eigenvalue weighted by Crippen LogP contribution is -2.13. The van der Waals surface area contributed by atoms with Gasteiger partial charge in [-0.25, -0.2) is 4.39 Å². The molecule has 0 heterocycles. The van der Waals surface area contributed by atoms with Gasteiger partial charge in [0, 0.05) is 5.69 Å². The maximum Gasteiger partial charge on any atom is 0.266 e. The maximum absolute atomic E-state index is 13.1. The Bertz CT molecular complexity index is 1420. The van der Waals surface area contributed by atoms with Crippen LogP contribution in [-0.4, -0.2) is 12.5 Å². The molecule has 1 N–H and O–H groups in total. The summed E-state index contributed by atoms with van der Waals surface area (Å²) in [6.07, 6.45) is 1.47. The first kappa shape index (κ1) is 23.5. The standard InChI is InChI=1S/C29H23FN2O3/c1-2-34-28-17-20(16-23(18-31)29(33)32-25-13-11-24(30)12-14-25)10-15-27(28)35-19-22-8-5-7-21-6-3-4-9-26(21)22/h3-17H,2,19H2,1H3,(H,32,33)/b23-16+. The van der Waals surface area contributed by atoms with Crippen molar-refractivity contribution in [2.24, 2.45) is 0 Å². The summed E-state index contributed by atoms with van der Waals surface area (Å²) in [6.45, 7) is 2.65. The van der Waals surface area contributed by atoms with E-state index in [1.165, 1.54) is 30.3 Å². The lowest BCUT2D eigenvalue weighted by atomic mass is 10.1. The van der Waals surface area contributed by atoms with Gasteiger partial charge in [-0.2, -0.15) is 5.26 Å². The van der Waals surface area contributed by atoms with Crippen LogP contribution in [0.5, 0.6) is 11.5 Å². The van der Waals surface area contributed by atoms with Gasteiger partial charge in [0.1, 0.15) is 24.1 Å². The molecule has 0 aliphatic heterocycles. The number of amides is 1. The first-order valence-electron chi connectivity index (χ1n) is 11.1. The van der Waals surface area contributed by atoms with Crippen LogP contribution in [0, 0.1) is 17.1 Å². The molecule has 174 valence electrons. The van der Waals surface area contributed by atoms with Gasteiger partial charge in [-0.15, -0.1) is 0 Å². The average Bonchev–Trinajstić information content (AvgIpc) is 2.88. The Labute approximate surface area is 203 Å². The highest BCUT2D eigenvalue weighted by Crippen LogP contribution is 2.31. The third-order valence-electron chi connectivity index (χ3n) is 5.31. The van der Waals surface area contributed by atoms with E-state index in [0.29, 0.717) is 36.0 Å². The summed E-state index contributed by atoms with van der Waals surface area (Å²) in [7, 11) is 0. The number of carbonyl (C=O) groups excluding carboxylic acids is 1. The fourth-order valence-electron chi connectivity index (χ4n) is 3.62. The molecule has 4 aromatic rings. The van der Waals surface area contributed by atoms with E-state index >= 15 is 0 Å². The molecule has 0 saturated heterocycles. The summed E-state index contributed by atoms with van der Waals surface area (Å²) in [5, 5.41) is 14.4. The Morgan fingerprint density at radius 2 is 1.74 bits per heavy atom. The van der Waals surface area contributed by atoms with Gasteiger partial charge in [0.2, 0.25) is 0 Å². The van der Waals surface area contributed by atoms with E-state index in [4.69, 9.17) is 9.47 Å².